The second-order valence-corrected chi connectivity index (χ2v) is 6.23. The Morgan fingerprint density at radius 1 is 1.18 bits per heavy atom. The van der Waals surface area contributed by atoms with E-state index in [0.717, 1.165) is 24.4 Å². The van der Waals surface area contributed by atoms with Gasteiger partial charge in [-0.3, -0.25) is 4.79 Å². The van der Waals surface area contributed by atoms with Gasteiger partial charge in [-0.05, 0) is 30.7 Å². The molecule has 1 aliphatic carbocycles. The zero-order chi connectivity index (χ0) is 14.9. The third-order valence-electron chi connectivity index (χ3n) is 4.45. The Balaban J connectivity index is 0.00000242. The molecule has 2 rings (SSSR count). The molecular formula is C18H29ClN2O. The zero-order valence-electron chi connectivity index (χ0n) is 13.3. The van der Waals surface area contributed by atoms with Gasteiger partial charge in [0.1, 0.15) is 0 Å². The first-order valence-electron chi connectivity index (χ1n) is 8.33. The number of carbonyl (C=O) groups is 1. The highest BCUT2D eigenvalue weighted by molar-refractivity contribution is 5.85. The molecular weight excluding hydrogens is 296 g/mol. The molecule has 22 heavy (non-hydrogen) atoms. The minimum Gasteiger partial charge on any atom is -0.355 e. The van der Waals surface area contributed by atoms with E-state index in [-0.39, 0.29) is 18.3 Å². The zero-order valence-corrected chi connectivity index (χ0v) is 14.1. The molecule has 0 radical (unpaired) electrons. The molecule has 0 bridgehead atoms. The lowest BCUT2D eigenvalue weighted by atomic mass is 9.86. The fourth-order valence-electron chi connectivity index (χ4n) is 3.17. The van der Waals surface area contributed by atoms with Crippen LogP contribution in [0.25, 0.3) is 0 Å². The molecule has 4 heteroatoms. The highest BCUT2D eigenvalue weighted by Gasteiger charge is 2.15. The summed E-state index contributed by atoms with van der Waals surface area (Å²) in [6.07, 6.45) is 9.86. The normalized spacial score (nSPS) is 16.6. The van der Waals surface area contributed by atoms with Gasteiger partial charge in [0, 0.05) is 6.54 Å². The predicted molar refractivity (Wildman–Crippen MR) is 94.2 cm³/mol. The number of hydrogen-bond acceptors (Lipinski definition) is 2. The lowest BCUT2D eigenvalue weighted by molar-refractivity contribution is -0.122. The summed E-state index contributed by atoms with van der Waals surface area (Å²) in [5.41, 5.74) is 7.08. The number of benzene rings is 1. The van der Waals surface area contributed by atoms with E-state index >= 15 is 0 Å². The first-order valence-corrected chi connectivity index (χ1v) is 8.33. The number of rotatable bonds is 7. The van der Waals surface area contributed by atoms with Crippen molar-refractivity contribution in [1.82, 2.24) is 5.32 Å². The van der Waals surface area contributed by atoms with E-state index in [4.69, 9.17) is 5.73 Å². The molecule has 1 aromatic carbocycles. The van der Waals surface area contributed by atoms with E-state index in [1.165, 1.54) is 38.5 Å². The van der Waals surface area contributed by atoms with Crippen molar-refractivity contribution in [2.45, 2.75) is 57.4 Å². The molecule has 1 saturated carbocycles. The number of nitrogens with two attached hydrogens (primary N) is 1. The van der Waals surface area contributed by atoms with Crippen LogP contribution in [0.3, 0.4) is 0 Å². The number of halogens is 1. The van der Waals surface area contributed by atoms with Gasteiger partial charge in [0.25, 0.3) is 0 Å². The standard InChI is InChI=1S/C18H28N2O.ClH/c19-17(14-16-10-5-2-6-11-16)18(21)20-13-7-12-15-8-3-1-4-9-15;/h2,5-6,10-11,15,17H,1,3-4,7-9,12-14,19H2,(H,20,21);1H/t17-;/m0./s1. The van der Waals surface area contributed by atoms with Gasteiger partial charge < -0.3 is 11.1 Å². The van der Waals surface area contributed by atoms with Gasteiger partial charge in [0.05, 0.1) is 6.04 Å². The van der Waals surface area contributed by atoms with Crippen LogP contribution in [0.15, 0.2) is 30.3 Å². The van der Waals surface area contributed by atoms with E-state index in [9.17, 15) is 4.79 Å². The molecule has 0 saturated heterocycles. The highest BCUT2D eigenvalue weighted by atomic mass is 35.5. The summed E-state index contributed by atoms with van der Waals surface area (Å²) in [6, 6.07) is 9.50. The Kier molecular flexibility index (Phi) is 9.17. The summed E-state index contributed by atoms with van der Waals surface area (Å²) in [7, 11) is 0. The quantitative estimate of drug-likeness (QED) is 0.755. The fraction of sp³-hybridized carbons (Fsp3) is 0.611. The van der Waals surface area contributed by atoms with Crippen molar-refractivity contribution in [3.05, 3.63) is 35.9 Å². The largest absolute Gasteiger partial charge is 0.355 e. The number of amides is 1. The molecule has 0 unspecified atom stereocenters. The van der Waals surface area contributed by atoms with Crippen LogP contribution in [0.5, 0.6) is 0 Å². The summed E-state index contributed by atoms with van der Waals surface area (Å²) >= 11 is 0. The summed E-state index contributed by atoms with van der Waals surface area (Å²) < 4.78 is 0. The van der Waals surface area contributed by atoms with Crippen LogP contribution in [0.4, 0.5) is 0 Å². The van der Waals surface area contributed by atoms with Gasteiger partial charge in [0.2, 0.25) is 5.91 Å². The summed E-state index contributed by atoms with van der Waals surface area (Å²) in [5, 5.41) is 2.98. The maximum Gasteiger partial charge on any atom is 0.237 e. The van der Waals surface area contributed by atoms with Crippen LogP contribution >= 0.6 is 12.4 Å². The van der Waals surface area contributed by atoms with Gasteiger partial charge in [0.15, 0.2) is 0 Å². The van der Waals surface area contributed by atoms with Gasteiger partial charge in [-0.2, -0.15) is 0 Å². The first-order chi connectivity index (χ1) is 10.3. The average Bonchev–Trinajstić information content (AvgIpc) is 2.53. The average molecular weight is 325 g/mol. The molecule has 1 fully saturated rings. The molecule has 0 heterocycles. The molecule has 1 atom stereocenters. The molecule has 3 N–H and O–H groups in total. The Morgan fingerprint density at radius 2 is 1.86 bits per heavy atom. The molecule has 0 spiro atoms. The second kappa shape index (κ2) is 10.6. The highest BCUT2D eigenvalue weighted by Crippen LogP contribution is 2.26. The topological polar surface area (TPSA) is 55.1 Å². The molecule has 1 aliphatic rings. The van der Waals surface area contributed by atoms with Gasteiger partial charge in [-0.25, -0.2) is 0 Å². The fourth-order valence-corrected chi connectivity index (χ4v) is 3.17. The Bertz CT molecular complexity index is 418. The lowest BCUT2D eigenvalue weighted by Gasteiger charge is -2.21. The predicted octanol–water partition coefficient (Wildman–Crippen LogP) is 3.45. The van der Waals surface area contributed by atoms with Crippen molar-refractivity contribution in [1.29, 1.82) is 0 Å². The van der Waals surface area contributed by atoms with Crippen LogP contribution < -0.4 is 11.1 Å². The van der Waals surface area contributed by atoms with Crippen molar-refractivity contribution >= 4 is 18.3 Å². The van der Waals surface area contributed by atoms with Crippen LogP contribution in [-0.4, -0.2) is 18.5 Å². The van der Waals surface area contributed by atoms with Crippen molar-refractivity contribution in [2.75, 3.05) is 6.54 Å². The molecule has 124 valence electrons. The first kappa shape index (κ1) is 19.0. The van der Waals surface area contributed by atoms with Gasteiger partial charge in [-0.15, -0.1) is 12.4 Å². The van der Waals surface area contributed by atoms with Crippen LogP contribution in [0.1, 0.15) is 50.5 Å². The summed E-state index contributed by atoms with van der Waals surface area (Å²) in [4.78, 5) is 12.0. The Labute approximate surface area is 140 Å². The second-order valence-electron chi connectivity index (χ2n) is 6.23. The Morgan fingerprint density at radius 3 is 2.55 bits per heavy atom. The molecule has 0 aliphatic heterocycles. The number of carbonyl (C=O) groups excluding carboxylic acids is 1. The molecule has 3 nitrogen and oxygen atoms in total. The summed E-state index contributed by atoms with van der Waals surface area (Å²) in [6.45, 7) is 0.762. The van der Waals surface area contributed by atoms with Crippen molar-refractivity contribution in [3.8, 4) is 0 Å². The van der Waals surface area contributed by atoms with Crippen LogP contribution in [0, 0.1) is 5.92 Å². The van der Waals surface area contributed by atoms with Crippen molar-refractivity contribution < 1.29 is 4.79 Å². The monoisotopic (exact) mass is 324 g/mol. The minimum absolute atomic E-state index is 0. The summed E-state index contributed by atoms with van der Waals surface area (Å²) in [5.74, 6) is 0.858. The van der Waals surface area contributed by atoms with Crippen LogP contribution in [0.2, 0.25) is 0 Å². The van der Waals surface area contributed by atoms with E-state index in [0.29, 0.717) is 6.42 Å². The van der Waals surface area contributed by atoms with Crippen LogP contribution in [-0.2, 0) is 11.2 Å². The lowest BCUT2D eigenvalue weighted by Crippen LogP contribution is -2.42. The molecule has 1 aromatic rings. The van der Waals surface area contributed by atoms with E-state index in [1.807, 2.05) is 30.3 Å². The molecule has 0 aromatic heterocycles. The van der Waals surface area contributed by atoms with E-state index < -0.39 is 6.04 Å². The van der Waals surface area contributed by atoms with Gasteiger partial charge >= 0.3 is 0 Å². The maximum atomic E-state index is 12.0. The molecule has 1 amide bonds. The SMILES string of the molecule is Cl.N[C@@H](Cc1ccccc1)C(=O)NCCCC1CCCCC1. The van der Waals surface area contributed by atoms with Crippen molar-refractivity contribution in [2.24, 2.45) is 11.7 Å². The van der Waals surface area contributed by atoms with Crippen molar-refractivity contribution in [3.63, 3.8) is 0 Å². The number of hydrogen-bond donors (Lipinski definition) is 2. The Hall–Kier alpha value is -1.06. The third-order valence-corrected chi connectivity index (χ3v) is 4.45. The van der Waals surface area contributed by atoms with Gasteiger partial charge in [-0.1, -0.05) is 62.4 Å². The van der Waals surface area contributed by atoms with E-state index in [1.54, 1.807) is 0 Å². The maximum absolute atomic E-state index is 12.0. The third kappa shape index (κ3) is 6.80. The number of nitrogens with one attached hydrogen (secondary N) is 1. The minimum atomic E-state index is -0.443. The van der Waals surface area contributed by atoms with E-state index in [2.05, 4.69) is 5.32 Å². The smallest absolute Gasteiger partial charge is 0.237 e.